The van der Waals surface area contributed by atoms with Gasteiger partial charge in [0.1, 0.15) is 0 Å². The molecule has 6 heteroatoms. The summed E-state index contributed by atoms with van der Waals surface area (Å²) in [7, 11) is 0. The van der Waals surface area contributed by atoms with E-state index in [1.807, 2.05) is 43.3 Å². The molecule has 1 N–H and O–H groups in total. The highest BCUT2D eigenvalue weighted by Gasteiger charge is 2.22. The summed E-state index contributed by atoms with van der Waals surface area (Å²) in [5.41, 5.74) is 1.81. The quantitative estimate of drug-likeness (QED) is 0.872. The number of pyridine rings is 1. The van der Waals surface area contributed by atoms with Gasteiger partial charge in [-0.1, -0.05) is 24.3 Å². The molecule has 1 aliphatic heterocycles. The minimum absolute atomic E-state index is 0.0384. The molecule has 0 bridgehead atoms. The molecule has 2 aromatic rings. The standard InChI is InChI=1S/C19H22N4O2/c1-2-20-19(25)23-13-11-22(12-14-23)17(24)9-8-16-6-3-5-15-7-4-10-21-18(15)16/h3-10H,2,11-14H2,1H3,(H,20,25)/b9-8+. The molecule has 0 unspecified atom stereocenters. The fourth-order valence-electron chi connectivity index (χ4n) is 2.92. The average molecular weight is 338 g/mol. The van der Waals surface area contributed by atoms with E-state index in [4.69, 9.17) is 0 Å². The Morgan fingerprint density at radius 1 is 1.12 bits per heavy atom. The molecule has 1 saturated heterocycles. The Labute approximate surface area is 147 Å². The first kappa shape index (κ1) is 17.0. The zero-order chi connectivity index (χ0) is 17.6. The van der Waals surface area contributed by atoms with Crippen molar-refractivity contribution in [1.29, 1.82) is 0 Å². The molecular formula is C19H22N4O2. The number of piperazine rings is 1. The second-order valence-corrected chi connectivity index (χ2v) is 5.90. The van der Waals surface area contributed by atoms with Crippen LogP contribution in [0, 0.1) is 0 Å². The van der Waals surface area contributed by atoms with E-state index in [9.17, 15) is 9.59 Å². The molecule has 0 spiro atoms. The maximum Gasteiger partial charge on any atom is 0.317 e. The van der Waals surface area contributed by atoms with Gasteiger partial charge in [0, 0.05) is 55.9 Å². The number of hydrogen-bond donors (Lipinski definition) is 1. The Bertz CT molecular complexity index is 790. The fraction of sp³-hybridized carbons (Fsp3) is 0.316. The minimum Gasteiger partial charge on any atom is -0.338 e. The second-order valence-electron chi connectivity index (χ2n) is 5.90. The average Bonchev–Trinajstić information content (AvgIpc) is 2.66. The third-order valence-electron chi connectivity index (χ3n) is 4.28. The van der Waals surface area contributed by atoms with Crippen molar-refractivity contribution in [3.8, 4) is 0 Å². The van der Waals surface area contributed by atoms with Gasteiger partial charge in [-0.05, 0) is 19.1 Å². The summed E-state index contributed by atoms with van der Waals surface area (Å²) in [6.45, 7) is 4.72. The zero-order valence-corrected chi connectivity index (χ0v) is 14.3. The lowest BCUT2D eigenvalue weighted by Gasteiger charge is -2.34. The lowest BCUT2D eigenvalue weighted by Crippen LogP contribution is -2.52. The molecule has 1 aromatic carbocycles. The van der Waals surface area contributed by atoms with Crippen molar-refractivity contribution in [2.75, 3.05) is 32.7 Å². The number of rotatable bonds is 3. The first-order valence-corrected chi connectivity index (χ1v) is 8.52. The van der Waals surface area contributed by atoms with Crippen molar-refractivity contribution in [2.24, 2.45) is 0 Å². The SMILES string of the molecule is CCNC(=O)N1CCN(C(=O)/C=C/c2cccc3cccnc23)CC1. The normalized spacial score (nSPS) is 14.9. The molecule has 1 aliphatic rings. The number of hydrogen-bond acceptors (Lipinski definition) is 3. The van der Waals surface area contributed by atoms with Gasteiger partial charge in [-0.15, -0.1) is 0 Å². The van der Waals surface area contributed by atoms with Crippen LogP contribution in [0.4, 0.5) is 4.79 Å². The first-order chi connectivity index (χ1) is 12.2. The Hall–Kier alpha value is -2.89. The van der Waals surface area contributed by atoms with E-state index >= 15 is 0 Å². The molecular weight excluding hydrogens is 316 g/mol. The van der Waals surface area contributed by atoms with Gasteiger partial charge in [-0.2, -0.15) is 0 Å². The van der Waals surface area contributed by atoms with Crippen molar-refractivity contribution >= 4 is 28.9 Å². The summed E-state index contributed by atoms with van der Waals surface area (Å²) in [5, 5.41) is 3.83. The zero-order valence-electron chi connectivity index (χ0n) is 14.3. The highest BCUT2D eigenvalue weighted by atomic mass is 16.2. The summed E-state index contributed by atoms with van der Waals surface area (Å²) in [6, 6.07) is 9.75. The molecule has 1 fully saturated rings. The van der Waals surface area contributed by atoms with Crippen LogP contribution in [0.2, 0.25) is 0 Å². The molecule has 3 amide bonds. The van der Waals surface area contributed by atoms with Crippen LogP contribution in [-0.2, 0) is 4.79 Å². The maximum atomic E-state index is 12.4. The van der Waals surface area contributed by atoms with Crippen LogP contribution in [0.25, 0.3) is 17.0 Å². The maximum absolute atomic E-state index is 12.4. The van der Waals surface area contributed by atoms with Gasteiger partial charge in [-0.3, -0.25) is 9.78 Å². The van der Waals surface area contributed by atoms with Gasteiger partial charge in [0.15, 0.2) is 0 Å². The lowest BCUT2D eigenvalue weighted by molar-refractivity contribution is -0.127. The lowest BCUT2D eigenvalue weighted by atomic mass is 10.1. The summed E-state index contributed by atoms with van der Waals surface area (Å²) in [5.74, 6) is -0.0384. The van der Waals surface area contributed by atoms with Crippen molar-refractivity contribution in [1.82, 2.24) is 20.1 Å². The number of fused-ring (bicyclic) bond motifs is 1. The molecule has 6 nitrogen and oxygen atoms in total. The largest absolute Gasteiger partial charge is 0.338 e. The second kappa shape index (κ2) is 7.79. The number of aromatic nitrogens is 1. The molecule has 3 rings (SSSR count). The van der Waals surface area contributed by atoms with Crippen LogP contribution in [0.1, 0.15) is 12.5 Å². The van der Waals surface area contributed by atoms with Crippen LogP contribution >= 0.6 is 0 Å². The number of benzene rings is 1. The van der Waals surface area contributed by atoms with Crippen molar-refractivity contribution < 1.29 is 9.59 Å². The van der Waals surface area contributed by atoms with Crippen LogP contribution in [0.15, 0.2) is 42.6 Å². The molecule has 2 heterocycles. The summed E-state index contributed by atoms with van der Waals surface area (Å²) in [4.78, 5) is 32.1. The van der Waals surface area contributed by atoms with Gasteiger partial charge >= 0.3 is 6.03 Å². The van der Waals surface area contributed by atoms with E-state index in [0.29, 0.717) is 32.7 Å². The number of nitrogens with one attached hydrogen (secondary N) is 1. The van der Waals surface area contributed by atoms with Gasteiger partial charge in [0.2, 0.25) is 5.91 Å². The van der Waals surface area contributed by atoms with Crippen molar-refractivity contribution in [2.45, 2.75) is 6.92 Å². The summed E-state index contributed by atoms with van der Waals surface area (Å²) in [6.07, 6.45) is 5.15. The topological polar surface area (TPSA) is 65.5 Å². The van der Waals surface area contributed by atoms with Crippen molar-refractivity contribution in [3.63, 3.8) is 0 Å². The Morgan fingerprint density at radius 2 is 1.84 bits per heavy atom. The number of para-hydroxylation sites is 1. The third-order valence-corrected chi connectivity index (χ3v) is 4.28. The van der Waals surface area contributed by atoms with Crippen LogP contribution in [0.3, 0.4) is 0 Å². The molecule has 0 radical (unpaired) electrons. The molecule has 0 aliphatic carbocycles. The van der Waals surface area contributed by atoms with Gasteiger partial charge < -0.3 is 15.1 Å². The van der Waals surface area contributed by atoms with Crippen LogP contribution in [-0.4, -0.2) is 59.4 Å². The van der Waals surface area contributed by atoms with Crippen LogP contribution in [0.5, 0.6) is 0 Å². The molecule has 130 valence electrons. The van der Waals surface area contributed by atoms with Gasteiger partial charge in [0.25, 0.3) is 0 Å². The Kier molecular flexibility index (Phi) is 5.28. The highest BCUT2D eigenvalue weighted by molar-refractivity contribution is 5.95. The van der Waals surface area contributed by atoms with E-state index in [0.717, 1.165) is 16.5 Å². The minimum atomic E-state index is -0.0630. The van der Waals surface area contributed by atoms with E-state index < -0.39 is 0 Å². The van der Waals surface area contributed by atoms with E-state index in [-0.39, 0.29) is 11.9 Å². The first-order valence-electron chi connectivity index (χ1n) is 8.52. The van der Waals surface area contributed by atoms with E-state index in [2.05, 4.69) is 10.3 Å². The number of amides is 3. The third kappa shape index (κ3) is 3.96. The number of nitrogens with zero attached hydrogens (tertiary/aromatic N) is 3. The van der Waals surface area contributed by atoms with Crippen molar-refractivity contribution in [3.05, 3.63) is 48.2 Å². The fourth-order valence-corrected chi connectivity index (χ4v) is 2.92. The molecule has 0 atom stereocenters. The van der Waals surface area contributed by atoms with Gasteiger partial charge in [-0.25, -0.2) is 4.79 Å². The van der Waals surface area contributed by atoms with E-state index in [1.54, 1.807) is 22.1 Å². The predicted octanol–water partition coefficient (Wildman–Crippen LogP) is 2.12. The number of carbonyl (C=O) groups excluding carboxylic acids is 2. The summed E-state index contributed by atoms with van der Waals surface area (Å²) >= 11 is 0. The molecule has 1 aromatic heterocycles. The van der Waals surface area contributed by atoms with Crippen LogP contribution < -0.4 is 5.32 Å². The molecule has 25 heavy (non-hydrogen) atoms. The Balaban J connectivity index is 1.63. The Morgan fingerprint density at radius 3 is 2.60 bits per heavy atom. The van der Waals surface area contributed by atoms with Gasteiger partial charge in [0.05, 0.1) is 5.52 Å². The molecule has 0 saturated carbocycles. The number of urea groups is 1. The predicted molar refractivity (Wildman–Crippen MR) is 98.0 cm³/mol. The summed E-state index contributed by atoms with van der Waals surface area (Å²) < 4.78 is 0. The number of carbonyl (C=O) groups is 2. The van der Waals surface area contributed by atoms with E-state index in [1.165, 1.54) is 0 Å². The monoisotopic (exact) mass is 338 g/mol. The highest BCUT2D eigenvalue weighted by Crippen LogP contribution is 2.17. The smallest absolute Gasteiger partial charge is 0.317 e.